The molecule has 2 aromatic rings. The Morgan fingerprint density at radius 3 is 2.74 bits per heavy atom. The zero-order valence-corrected chi connectivity index (χ0v) is 12.9. The molecule has 1 fully saturated rings. The van der Waals surface area contributed by atoms with Gasteiger partial charge in [-0.2, -0.15) is 5.26 Å². The second kappa shape index (κ2) is 6.92. The summed E-state index contributed by atoms with van der Waals surface area (Å²) in [6, 6.07) is 7.96. The monoisotopic (exact) mass is 310 g/mol. The van der Waals surface area contributed by atoms with E-state index >= 15 is 0 Å². The van der Waals surface area contributed by atoms with E-state index in [9.17, 15) is 0 Å². The Morgan fingerprint density at radius 2 is 2.09 bits per heavy atom. The molecule has 118 valence electrons. The van der Waals surface area contributed by atoms with Gasteiger partial charge in [-0.25, -0.2) is 15.0 Å². The number of piperidine rings is 1. The van der Waals surface area contributed by atoms with Crippen LogP contribution >= 0.6 is 0 Å². The van der Waals surface area contributed by atoms with Crippen molar-refractivity contribution < 1.29 is 4.74 Å². The van der Waals surface area contributed by atoms with Gasteiger partial charge in [0.05, 0.1) is 12.7 Å². The van der Waals surface area contributed by atoms with Crippen LogP contribution < -0.4 is 15.0 Å². The first-order valence-electron chi connectivity index (χ1n) is 7.52. The van der Waals surface area contributed by atoms with E-state index in [0.29, 0.717) is 17.5 Å². The number of nitrogens with zero attached hydrogens (tertiary/aromatic N) is 5. The van der Waals surface area contributed by atoms with Crippen molar-refractivity contribution in [1.29, 1.82) is 5.26 Å². The lowest BCUT2D eigenvalue weighted by atomic mass is 10.0. The van der Waals surface area contributed by atoms with Crippen LogP contribution in [0, 0.1) is 11.3 Å². The number of methoxy groups -OCH3 is 1. The van der Waals surface area contributed by atoms with Crippen LogP contribution in [0.4, 0.5) is 11.6 Å². The fourth-order valence-corrected chi connectivity index (χ4v) is 2.63. The molecule has 7 nitrogen and oxygen atoms in total. The minimum Gasteiger partial charge on any atom is -0.481 e. The van der Waals surface area contributed by atoms with Crippen LogP contribution in [0.15, 0.2) is 30.7 Å². The van der Waals surface area contributed by atoms with Crippen molar-refractivity contribution in [3.8, 4) is 11.9 Å². The minimum atomic E-state index is 0.365. The molecule has 0 radical (unpaired) electrons. The van der Waals surface area contributed by atoms with Gasteiger partial charge in [0.1, 0.15) is 24.0 Å². The Hall–Kier alpha value is -2.88. The normalized spacial score (nSPS) is 15.0. The molecule has 0 saturated carbocycles. The summed E-state index contributed by atoms with van der Waals surface area (Å²) >= 11 is 0. The van der Waals surface area contributed by atoms with Crippen LogP contribution in [0.3, 0.4) is 0 Å². The van der Waals surface area contributed by atoms with Gasteiger partial charge >= 0.3 is 0 Å². The maximum atomic E-state index is 8.82. The van der Waals surface area contributed by atoms with E-state index < -0.39 is 0 Å². The number of rotatable bonds is 4. The van der Waals surface area contributed by atoms with Gasteiger partial charge < -0.3 is 15.0 Å². The zero-order valence-electron chi connectivity index (χ0n) is 12.9. The van der Waals surface area contributed by atoms with Crippen LogP contribution in [0.2, 0.25) is 0 Å². The van der Waals surface area contributed by atoms with Crippen molar-refractivity contribution in [2.45, 2.75) is 18.9 Å². The van der Waals surface area contributed by atoms with Gasteiger partial charge in [-0.3, -0.25) is 0 Å². The fraction of sp³-hybridized carbons (Fsp3) is 0.375. The lowest BCUT2D eigenvalue weighted by Gasteiger charge is -2.33. The maximum Gasteiger partial charge on any atom is 0.218 e. The number of anilines is 2. The number of aromatic nitrogens is 3. The second-order valence-electron chi connectivity index (χ2n) is 5.37. The predicted molar refractivity (Wildman–Crippen MR) is 86.4 cm³/mol. The van der Waals surface area contributed by atoms with Crippen LogP contribution in [0.5, 0.6) is 5.88 Å². The van der Waals surface area contributed by atoms with Gasteiger partial charge in [0.25, 0.3) is 0 Å². The Kier molecular flexibility index (Phi) is 4.52. The first-order valence-corrected chi connectivity index (χ1v) is 7.52. The van der Waals surface area contributed by atoms with Crippen molar-refractivity contribution in [1.82, 2.24) is 15.0 Å². The Bertz CT molecular complexity index is 688. The average molecular weight is 310 g/mol. The minimum absolute atomic E-state index is 0.365. The Balaban J connectivity index is 1.56. The van der Waals surface area contributed by atoms with Gasteiger partial charge in [-0.05, 0) is 25.0 Å². The zero-order chi connectivity index (χ0) is 16.1. The van der Waals surface area contributed by atoms with Gasteiger partial charge in [-0.15, -0.1) is 0 Å². The smallest absolute Gasteiger partial charge is 0.218 e. The van der Waals surface area contributed by atoms with E-state index in [1.165, 1.54) is 6.33 Å². The summed E-state index contributed by atoms with van der Waals surface area (Å²) in [5.41, 5.74) is 0.586. The van der Waals surface area contributed by atoms with E-state index in [1.54, 1.807) is 25.4 Å². The highest BCUT2D eigenvalue weighted by Crippen LogP contribution is 2.21. The molecule has 1 saturated heterocycles. The van der Waals surface area contributed by atoms with Crippen molar-refractivity contribution in [3.05, 3.63) is 36.3 Å². The van der Waals surface area contributed by atoms with Crippen molar-refractivity contribution in [3.63, 3.8) is 0 Å². The number of pyridine rings is 1. The number of nitriles is 1. The highest BCUT2D eigenvalue weighted by atomic mass is 16.5. The highest BCUT2D eigenvalue weighted by molar-refractivity contribution is 5.43. The molecule has 0 unspecified atom stereocenters. The lowest BCUT2D eigenvalue weighted by Crippen LogP contribution is -2.39. The Morgan fingerprint density at radius 1 is 1.26 bits per heavy atom. The molecule has 0 spiro atoms. The summed E-state index contributed by atoms with van der Waals surface area (Å²) in [5.74, 6) is 2.26. The van der Waals surface area contributed by atoms with Gasteiger partial charge in [-0.1, -0.05) is 0 Å². The molecular weight excluding hydrogens is 292 g/mol. The SMILES string of the molecule is COc1cc(NC2CCN(c3ccc(C#N)cn3)CC2)ncn1. The van der Waals surface area contributed by atoms with E-state index in [4.69, 9.17) is 10.00 Å². The van der Waals surface area contributed by atoms with E-state index in [0.717, 1.165) is 37.6 Å². The van der Waals surface area contributed by atoms with Gasteiger partial charge in [0, 0.05) is 31.4 Å². The van der Waals surface area contributed by atoms with E-state index in [2.05, 4.69) is 31.2 Å². The summed E-state index contributed by atoms with van der Waals surface area (Å²) in [6.07, 6.45) is 5.10. The van der Waals surface area contributed by atoms with E-state index in [-0.39, 0.29) is 0 Å². The Labute approximate surface area is 135 Å². The molecule has 1 aliphatic heterocycles. The molecule has 0 bridgehead atoms. The van der Waals surface area contributed by atoms with Crippen molar-refractivity contribution in [2.24, 2.45) is 0 Å². The van der Waals surface area contributed by atoms with Crippen LogP contribution in [0.25, 0.3) is 0 Å². The summed E-state index contributed by atoms with van der Waals surface area (Å²) in [7, 11) is 1.59. The summed E-state index contributed by atoms with van der Waals surface area (Å²) in [4.78, 5) is 14.8. The van der Waals surface area contributed by atoms with E-state index in [1.807, 2.05) is 6.07 Å². The highest BCUT2D eigenvalue weighted by Gasteiger charge is 2.20. The molecule has 1 N–H and O–H groups in total. The molecule has 23 heavy (non-hydrogen) atoms. The predicted octanol–water partition coefficient (Wildman–Crippen LogP) is 1.83. The summed E-state index contributed by atoms with van der Waals surface area (Å²) in [6.45, 7) is 1.83. The lowest BCUT2D eigenvalue weighted by molar-refractivity contribution is 0.397. The fourth-order valence-electron chi connectivity index (χ4n) is 2.63. The maximum absolute atomic E-state index is 8.82. The number of nitrogens with one attached hydrogen (secondary N) is 1. The number of ether oxygens (including phenoxy) is 1. The third-order valence-corrected chi connectivity index (χ3v) is 3.90. The molecule has 3 heterocycles. The first kappa shape index (κ1) is 15.0. The van der Waals surface area contributed by atoms with Crippen LogP contribution in [-0.4, -0.2) is 41.2 Å². The molecule has 0 amide bonds. The molecule has 0 aliphatic carbocycles. The van der Waals surface area contributed by atoms with Crippen LogP contribution in [-0.2, 0) is 0 Å². The standard InChI is InChI=1S/C16H18N6O/c1-23-16-8-14(19-11-20-16)21-13-4-6-22(7-5-13)15-3-2-12(9-17)10-18-15/h2-3,8,10-11,13H,4-7H2,1H3,(H,19,20,21). The molecular formula is C16H18N6O. The first-order chi connectivity index (χ1) is 11.3. The molecule has 3 rings (SSSR count). The largest absolute Gasteiger partial charge is 0.481 e. The van der Waals surface area contributed by atoms with Crippen LogP contribution in [0.1, 0.15) is 18.4 Å². The third-order valence-electron chi connectivity index (χ3n) is 3.90. The van der Waals surface area contributed by atoms with Gasteiger partial charge in [0.15, 0.2) is 0 Å². The molecule has 1 aliphatic rings. The average Bonchev–Trinajstić information content (AvgIpc) is 2.63. The van der Waals surface area contributed by atoms with Crippen molar-refractivity contribution in [2.75, 3.05) is 30.4 Å². The molecule has 2 aromatic heterocycles. The number of hydrogen-bond acceptors (Lipinski definition) is 7. The molecule has 7 heteroatoms. The van der Waals surface area contributed by atoms with Crippen molar-refractivity contribution >= 4 is 11.6 Å². The second-order valence-corrected chi connectivity index (χ2v) is 5.37. The molecule has 0 atom stereocenters. The summed E-state index contributed by atoms with van der Waals surface area (Å²) < 4.78 is 5.11. The topological polar surface area (TPSA) is 87.0 Å². The third kappa shape index (κ3) is 3.66. The number of hydrogen-bond donors (Lipinski definition) is 1. The molecule has 0 aromatic carbocycles. The quantitative estimate of drug-likeness (QED) is 0.921. The summed E-state index contributed by atoms with van der Waals surface area (Å²) in [5, 5.41) is 12.2. The van der Waals surface area contributed by atoms with Gasteiger partial charge in [0.2, 0.25) is 5.88 Å².